The van der Waals surface area contributed by atoms with E-state index in [-0.39, 0.29) is 132 Å². The van der Waals surface area contributed by atoms with Crippen LogP contribution in [-0.2, 0) is 94.9 Å². The van der Waals surface area contributed by atoms with E-state index >= 15 is 0 Å². The van der Waals surface area contributed by atoms with E-state index in [1.54, 1.807) is 68.1 Å². The summed E-state index contributed by atoms with van der Waals surface area (Å²) in [5, 5.41) is 8.72. The Kier molecular flexibility index (Phi) is 34.7. The molecule has 0 spiro atoms. The summed E-state index contributed by atoms with van der Waals surface area (Å²) in [7, 11) is 7.48. The van der Waals surface area contributed by atoms with Gasteiger partial charge in [0.2, 0.25) is 0 Å². The van der Waals surface area contributed by atoms with Gasteiger partial charge in [-0.2, -0.15) is 0 Å². The van der Waals surface area contributed by atoms with Crippen LogP contribution in [0, 0.1) is 0 Å². The number of carbonyl (C=O) groups is 6. The molecule has 0 saturated carbocycles. The van der Waals surface area contributed by atoms with Gasteiger partial charge in [-0.05, 0) is 129 Å². The van der Waals surface area contributed by atoms with Crippen molar-refractivity contribution in [2.75, 3.05) is 148 Å². The summed E-state index contributed by atoms with van der Waals surface area (Å²) in [6, 6.07) is 55.9. The Morgan fingerprint density at radius 1 is 0.321 bits per heavy atom. The number of rotatable bonds is 42. The van der Waals surface area contributed by atoms with Crippen molar-refractivity contribution in [1.82, 2.24) is 0 Å². The molecule has 33 nitrogen and oxygen atoms in total. The van der Waals surface area contributed by atoms with Gasteiger partial charge in [-0.3, -0.25) is 68.3 Å². The molecule has 8 aliphatic heterocycles. The monoisotopic (exact) mass is 2020 g/mol. The number of para-hydroxylation sites is 4. The van der Waals surface area contributed by atoms with Gasteiger partial charge in [-0.1, -0.05) is 72.8 Å². The van der Waals surface area contributed by atoms with Gasteiger partial charge in [0.15, 0.2) is 46.0 Å². The first-order chi connectivity index (χ1) is 67.8. The number of nitrogens with zero attached hydrogens (tertiary/aromatic N) is 8. The minimum absolute atomic E-state index is 0. The number of anilines is 4. The fraction of sp³-hybridized carbons (Fsp3) is 0.340. The molecule has 3 N–H and O–H groups in total. The second kappa shape index (κ2) is 48.2. The summed E-state index contributed by atoms with van der Waals surface area (Å²) in [4.78, 5) is 111. The van der Waals surface area contributed by atoms with Crippen LogP contribution in [0.5, 0.6) is 57.5 Å². The summed E-state index contributed by atoms with van der Waals surface area (Å²) in [6.07, 6.45) is 10.2. The molecule has 4 atom stereocenters. The van der Waals surface area contributed by atoms with Gasteiger partial charge in [0.25, 0.3) is 23.6 Å². The van der Waals surface area contributed by atoms with E-state index in [1.165, 1.54) is 35.5 Å². The zero-order valence-corrected chi connectivity index (χ0v) is 82.2. The number of hydrogen-bond acceptors (Lipinski definition) is 27. The van der Waals surface area contributed by atoms with Crippen molar-refractivity contribution in [1.29, 1.82) is 0 Å². The first-order valence-electron chi connectivity index (χ1n) is 46.1. The fourth-order valence-corrected chi connectivity index (χ4v) is 17.3. The van der Waals surface area contributed by atoms with Crippen molar-refractivity contribution < 1.29 is 120 Å². The zero-order valence-electron chi connectivity index (χ0n) is 79.3. The molecule has 0 aromatic heterocycles. The van der Waals surface area contributed by atoms with Crippen LogP contribution in [0.2, 0.25) is 14.8 Å². The molecule has 731 valence electrons. The van der Waals surface area contributed by atoms with Crippen LogP contribution in [0.4, 0.5) is 45.5 Å². The Labute approximate surface area is 818 Å². The molecule has 18 rings (SSSR count). The van der Waals surface area contributed by atoms with E-state index in [4.69, 9.17) is 101 Å². The number of esters is 1. The van der Waals surface area contributed by atoms with Crippen molar-refractivity contribution in [3.05, 3.63) is 249 Å². The van der Waals surface area contributed by atoms with Gasteiger partial charge in [-0.15, -0.1) is 0 Å². The van der Waals surface area contributed by atoms with E-state index in [0.29, 0.717) is 188 Å². The topological polar surface area (TPSA) is 373 Å². The van der Waals surface area contributed by atoms with Gasteiger partial charge >= 0.3 is 46.5 Å². The van der Waals surface area contributed by atoms with Crippen molar-refractivity contribution in [2.24, 2.45) is 20.0 Å². The van der Waals surface area contributed by atoms with Crippen LogP contribution < -0.4 is 67.0 Å². The van der Waals surface area contributed by atoms with Crippen LogP contribution in [-0.4, -0.2) is 243 Å². The summed E-state index contributed by atoms with van der Waals surface area (Å²) in [5.74, 6) is 2.46. The first-order valence-corrected chi connectivity index (χ1v) is 54.6. The number of hydrogen-bond donors (Lipinski definition) is 1. The molecule has 0 saturated heterocycles. The molecule has 1 radical (unpaired) electrons. The molecule has 140 heavy (non-hydrogen) atoms. The summed E-state index contributed by atoms with van der Waals surface area (Å²) >= 11 is -0.543. The zero-order chi connectivity index (χ0) is 96.8. The van der Waals surface area contributed by atoms with Gasteiger partial charge in [0, 0.05) is 97.6 Å². The van der Waals surface area contributed by atoms with E-state index in [0.717, 1.165) is 67.3 Å². The second-order valence-corrected chi connectivity index (χ2v) is 42.5. The number of aliphatic imine (C=N–C) groups is 4. The molecular weight excluding hydrogens is 1900 g/mol. The summed E-state index contributed by atoms with van der Waals surface area (Å²) in [6.45, 7) is 4.66. The van der Waals surface area contributed by atoms with Crippen LogP contribution in [0.1, 0.15) is 98.8 Å². The quantitative estimate of drug-likeness (QED) is 0.0211. The van der Waals surface area contributed by atoms with Gasteiger partial charge in [-0.25, -0.2) is 0 Å². The van der Waals surface area contributed by atoms with E-state index in [1.807, 2.05) is 158 Å². The molecule has 0 fully saturated rings. The second-order valence-electron chi connectivity index (χ2n) is 34.0. The predicted octanol–water partition coefficient (Wildman–Crippen LogP) is 15.3. The molecule has 34 heteroatoms. The van der Waals surface area contributed by atoms with Crippen LogP contribution in [0.3, 0.4) is 0 Å². The van der Waals surface area contributed by atoms with E-state index < -0.39 is 25.7 Å². The molecule has 8 heterocycles. The predicted molar refractivity (Wildman–Crippen MR) is 530 cm³/mol. The third kappa shape index (κ3) is 24.4. The summed E-state index contributed by atoms with van der Waals surface area (Å²) in [5.41, 5.74) is 14.6. The third-order valence-corrected chi connectivity index (χ3v) is 23.8. The summed E-state index contributed by atoms with van der Waals surface area (Å²) < 4.78 is 98.9. The van der Waals surface area contributed by atoms with Crippen LogP contribution >= 0.6 is 0 Å². The molecule has 10 aromatic rings. The molecule has 0 unspecified atom stereocenters. The fourth-order valence-electron chi connectivity index (χ4n) is 17.3. The number of carbonyl (C=O) groups excluding carboxylic acids is 5. The Morgan fingerprint density at radius 3 is 0.814 bits per heavy atom. The minimum atomic E-state index is -0.908. The number of benzene rings is 10. The Bertz CT molecular complexity index is 5940. The number of fused-ring (bicyclic) bond motifs is 16. The Balaban J connectivity index is 0.000000203. The number of ether oxygens (including phenoxy) is 17. The van der Waals surface area contributed by atoms with Gasteiger partial charge in [0.05, 0.1) is 197 Å². The normalized spacial score (nSPS) is 15.9. The van der Waals surface area contributed by atoms with Crippen LogP contribution in [0.15, 0.2) is 202 Å². The number of carboxylic acids is 1. The number of carboxylic acid groups (broad SMARTS) is 1. The SMILES string of the molecule is COC(=O)CCOCCOCCOCCOc1cc(COc2cc3c(cc2OC)C(=O)N2c4ccccc4C[C@H]2C=N3)cc(COc2cc3c(cc2OC)C(=O)N2c4ccccc4C[C@H]2C=N3)c1.COc1cc2c(cc1OCc1cc(COc3cc4c(cc3OC)C(=O)N3c5ccccc5C[C@H]3C=N4)cc(OCCOCCOCCOCCC(=O)O)c1)N=C[C@@H]1Cc3ccccc3N1C2=O.O.[CH3][Sn]([CH3])[CH3]. The molecule has 8 aliphatic rings. The average Bonchev–Trinajstić information content (AvgIpc) is 1.62. The molecule has 0 aliphatic carbocycles. The van der Waals surface area contributed by atoms with E-state index in [2.05, 4.69) is 19.6 Å². The molecule has 0 bridgehead atoms. The van der Waals surface area contributed by atoms with Gasteiger partial charge in [0.1, 0.15) is 51.1 Å². The van der Waals surface area contributed by atoms with E-state index in [9.17, 15) is 28.8 Å². The molecule has 10 aromatic carbocycles. The molecular formula is C106H113N8O25Sn. The Hall–Kier alpha value is -13.8. The average molecular weight is 2020 g/mol. The first kappa shape index (κ1) is 101. The number of aliphatic carboxylic acids is 1. The third-order valence-electron chi connectivity index (χ3n) is 23.8. The van der Waals surface area contributed by atoms with Crippen molar-refractivity contribution in [3.63, 3.8) is 0 Å². The number of amides is 4. The maximum absolute atomic E-state index is 14.0. The van der Waals surface area contributed by atoms with Crippen LogP contribution in [0.25, 0.3) is 0 Å². The van der Waals surface area contributed by atoms with Crippen molar-refractivity contribution in [2.45, 2.75) is 104 Å². The number of methoxy groups -OCH3 is 5. The Morgan fingerprint density at radius 2 is 0.564 bits per heavy atom. The molecule has 4 amide bonds. The van der Waals surface area contributed by atoms with Gasteiger partial charge < -0.3 is 91.1 Å². The van der Waals surface area contributed by atoms with Crippen molar-refractivity contribution in [3.8, 4) is 57.5 Å². The maximum atomic E-state index is 14.0. The van der Waals surface area contributed by atoms with Crippen molar-refractivity contribution >= 4 is 126 Å². The standard InChI is InChI=1S/C52H52N4O12.C51H50N4O12.3CH3.H2O.Sn/c1-60-46-25-40-42(53-29-37-23-35-8-4-6-10-44(35)55(37)51(40)58)27-48(46)67-31-33-20-34(22-39(21-33)66-19-18-65-17-16-64-15-14-63-13-12-50(57)62-3)32-68-49-28-43-41(26-47(49)61-2)52(59)56-38(30-54-43)24-36-9-5-7-11-45(36)56;1-60-45-24-39-41(52-28-36-22-34-7-3-5-9-43(34)54(36)50(39)58)26-47(45)66-30-32-19-33(21-38(20-32)65-18-17-64-16-15-63-14-13-62-12-11-49(56)57)31-67-48-27-42-40(25-46(48)61-2)51(59)55-37(29-53-42)23-35-8-4-6-10-44(35)55;;;;;/h4-11,20-22,25-30,37-38H,12-19,23-24,31-32H2,1-3H3;3-10,19-21,24-29,36-37H,11-18,22-23,30-31H2,1-2H3,(H,56,57);3*1H3;1H2;/t37-,38-;36-,37-;;;;;/m00...../s1.